The molecule has 0 radical (unpaired) electrons. The molecule has 3 heterocycles. The minimum Gasteiger partial charge on any atom is -0.483 e. The molecule has 4 rings (SSSR count). The number of aryl methyl sites for hydroxylation is 1. The van der Waals surface area contributed by atoms with Crippen LogP contribution in [-0.4, -0.2) is 57.1 Å². The molecule has 156 valence electrons. The van der Waals surface area contributed by atoms with E-state index in [9.17, 15) is 9.59 Å². The lowest BCUT2D eigenvalue weighted by Crippen LogP contribution is -2.34. The molecule has 0 saturated carbocycles. The normalized spacial score (nSPS) is 15.6. The Labute approximate surface area is 177 Å². The number of rotatable bonds is 4. The summed E-state index contributed by atoms with van der Waals surface area (Å²) in [5, 5.41) is 18.4. The van der Waals surface area contributed by atoms with Gasteiger partial charge in [-0.25, -0.2) is 0 Å². The van der Waals surface area contributed by atoms with Crippen molar-refractivity contribution in [1.29, 1.82) is 0 Å². The van der Waals surface area contributed by atoms with Crippen molar-refractivity contribution in [2.75, 3.05) is 18.5 Å². The molecule has 2 aromatic heterocycles. The van der Waals surface area contributed by atoms with Gasteiger partial charge in [-0.15, -0.1) is 10.2 Å². The number of aromatic nitrogens is 3. The van der Waals surface area contributed by atoms with E-state index in [1.807, 2.05) is 37.4 Å². The van der Waals surface area contributed by atoms with Crippen LogP contribution in [0.3, 0.4) is 0 Å². The number of fused-ring (bicyclic) bond motifs is 1. The number of anilines is 1. The molecular weight excluding hydrogens is 406 g/mol. The van der Waals surface area contributed by atoms with Gasteiger partial charge in [0.25, 0.3) is 6.47 Å². The SMILES string of the molecule is Cc1nnc(N2CC(C(=O)N(C)Cc3cccc4cnccc34)CC2=O)s1.O=CO. The van der Waals surface area contributed by atoms with Gasteiger partial charge in [0.15, 0.2) is 0 Å². The number of hydrogen-bond acceptors (Lipinski definition) is 7. The second-order valence-corrected chi connectivity index (χ2v) is 7.98. The number of amides is 2. The Morgan fingerprint density at radius 2 is 2.13 bits per heavy atom. The van der Waals surface area contributed by atoms with Crippen molar-refractivity contribution in [2.24, 2.45) is 5.92 Å². The maximum absolute atomic E-state index is 12.9. The van der Waals surface area contributed by atoms with Gasteiger partial charge in [-0.05, 0) is 23.9 Å². The Hall–Kier alpha value is -3.40. The fraction of sp³-hybridized carbons (Fsp3) is 0.300. The van der Waals surface area contributed by atoms with Gasteiger partial charge < -0.3 is 10.0 Å². The molecule has 0 aliphatic carbocycles. The smallest absolute Gasteiger partial charge is 0.290 e. The molecule has 1 saturated heterocycles. The fourth-order valence-electron chi connectivity index (χ4n) is 3.43. The Kier molecular flexibility index (Phi) is 6.68. The van der Waals surface area contributed by atoms with Gasteiger partial charge in [-0.1, -0.05) is 29.5 Å². The van der Waals surface area contributed by atoms with Crippen LogP contribution in [0.25, 0.3) is 10.8 Å². The molecule has 2 amide bonds. The fourth-order valence-corrected chi connectivity index (χ4v) is 4.14. The highest BCUT2D eigenvalue weighted by atomic mass is 32.1. The Balaban J connectivity index is 0.000000806. The van der Waals surface area contributed by atoms with E-state index < -0.39 is 0 Å². The summed E-state index contributed by atoms with van der Waals surface area (Å²) in [5.74, 6) is -0.462. The largest absolute Gasteiger partial charge is 0.483 e. The molecule has 3 aromatic rings. The zero-order valence-corrected chi connectivity index (χ0v) is 17.4. The number of carbonyl (C=O) groups excluding carboxylic acids is 2. The van der Waals surface area contributed by atoms with E-state index in [4.69, 9.17) is 9.90 Å². The number of carbonyl (C=O) groups is 3. The van der Waals surface area contributed by atoms with Gasteiger partial charge in [0, 0.05) is 44.3 Å². The maximum Gasteiger partial charge on any atom is 0.290 e. The predicted octanol–water partition coefficient (Wildman–Crippen LogP) is 2.11. The molecule has 1 atom stereocenters. The van der Waals surface area contributed by atoms with Crippen LogP contribution in [0.1, 0.15) is 17.0 Å². The minimum absolute atomic E-state index is 0.0295. The molecule has 0 spiro atoms. The maximum atomic E-state index is 12.9. The lowest BCUT2D eigenvalue weighted by molar-refractivity contribution is -0.135. The first-order chi connectivity index (χ1) is 14.4. The number of hydrogen-bond donors (Lipinski definition) is 1. The van der Waals surface area contributed by atoms with E-state index in [1.165, 1.54) is 11.3 Å². The number of benzene rings is 1. The summed E-state index contributed by atoms with van der Waals surface area (Å²) in [6.45, 7) is 2.44. The number of nitrogens with zero attached hydrogens (tertiary/aromatic N) is 5. The highest BCUT2D eigenvalue weighted by molar-refractivity contribution is 7.15. The van der Waals surface area contributed by atoms with Gasteiger partial charge in [-0.3, -0.25) is 24.3 Å². The average Bonchev–Trinajstić information content (AvgIpc) is 3.33. The van der Waals surface area contributed by atoms with E-state index in [2.05, 4.69) is 15.2 Å². The topological polar surface area (TPSA) is 117 Å². The molecule has 10 heteroatoms. The van der Waals surface area contributed by atoms with Crippen molar-refractivity contribution in [3.8, 4) is 0 Å². The van der Waals surface area contributed by atoms with Gasteiger partial charge in [0.05, 0.1) is 5.92 Å². The third-order valence-electron chi connectivity index (χ3n) is 4.78. The molecule has 0 bridgehead atoms. The molecule has 1 fully saturated rings. The van der Waals surface area contributed by atoms with E-state index >= 15 is 0 Å². The number of pyridine rings is 1. The van der Waals surface area contributed by atoms with Gasteiger partial charge in [0.2, 0.25) is 16.9 Å². The lowest BCUT2D eigenvalue weighted by atomic mass is 10.0. The first-order valence-corrected chi connectivity index (χ1v) is 10.0. The molecule has 9 nitrogen and oxygen atoms in total. The van der Waals surface area contributed by atoms with Crippen LogP contribution in [-0.2, 0) is 20.9 Å². The summed E-state index contributed by atoms with van der Waals surface area (Å²) in [5.41, 5.74) is 1.06. The standard InChI is InChI=1S/C19H19N5O2S.CH2O2/c1-12-21-22-19(27-12)24-11-15(8-17(24)25)18(26)23(2)10-14-5-3-4-13-9-20-7-6-16(13)14;2-1-3/h3-7,9,15H,8,10-11H2,1-2H3;1H,(H,2,3). The number of carboxylic acid groups (broad SMARTS) is 1. The van der Waals surface area contributed by atoms with Crippen LogP contribution in [0.5, 0.6) is 0 Å². The van der Waals surface area contributed by atoms with Gasteiger partial charge >= 0.3 is 0 Å². The Morgan fingerprint density at radius 3 is 2.83 bits per heavy atom. The Morgan fingerprint density at radius 1 is 1.37 bits per heavy atom. The molecular formula is C20H21N5O4S. The first kappa shape index (κ1) is 21.3. The quantitative estimate of drug-likeness (QED) is 0.634. The summed E-state index contributed by atoms with van der Waals surface area (Å²) >= 11 is 1.37. The summed E-state index contributed by atoms with van der Waals surface area (Å²) in [4.78, 5) is 41.0. The molecule has 1 aliphatic heterocycles. The Bertz CT molecular complexity index is 1060. The monoisotopic (exact) mass is 427 g/mol. The first-order valence-electron chi connectivity index (χ1n) is 9.19. The highest BCUT2D eigenvalue weighted by Crippen LogP contribution is 2.29. The molecule has 1 N–H and O–H groups in total. The lowest BCUT2D eigenvalue weighted by Gasteiger charge is -2.21. The van der Waals surface area contributed by atoms with E-state index in [-0.39, 0.29) is 30.6 Å². The van der Waals surface area contributed by atoms with Crippen molar-refractivity contribution in [2.45, 2.75) is 19.9 Å². The van der Waals surface area contributed by atoms with E-state index in [1.54, 1.807) is 23.0 Å². The van der Waals surface area contributed by atoms with Gasteiger partial charge in [-0.2, -0.15) is 0 Å². The minimum atomic E-state index is -0.358. The van der Waals surface area contributed by atoms with Gasteiger partial charge in [0.1, 0.15) is 5.01 Å². The van der Waals surface area contributed by atoms with E-state index in [0.717, 1.165) is 21.3 Å². The summed E-state index contributed by atoms with van der Waals surface area (Å²) in [6, 6.07) is 7.95. The zero-order chi connectivity index (χ0) is 21.7. The van der Waals surface area contributed by atoms with Crippen LogP contribution >= 0.6 is 11.3 Å². The average molecular weight is 427 g/mol. The molecule has 30 heavy (non-hydrogen) atoms. The van der Waals surface area contributed by atoms with Crippen molar-refractivity contribution in [3.63, 3.8) is 0 Å². The predicted molar refractivity (Wildman–Crippen MR) is 112 cm³/mol. The van der Waals surface area contributed by atoms with Crippen LogP contribution < -0.4 is 4.90 Å². The summed E-state index contributed by atoms with van der Waals surface area (Å²) < 4.78 is 0. The van der Waals surface area contributed by atoms with Crippen LogP contribution in [0.2, 0.25) is 0 Å². The second-order valence-electron chi connectivity index (χ2n) is 6.82. The van der Waals surface area contributed by atoms with E-state index in [0.29, 0.717) is 18.2 Å². The van der Waals surface area contributed by atoms with Crippen molar-refractivity contribution in [3.05, 3.63) is 47.2 Å². The van der Waals surface area contributed by atoms with Crippen LogP contribution in [0.15, 0.2) is 36.7 Å². The van der Waals surface area contributed by atoms with Crippen LogP contribution in [0.4, 0.5) is 5.13 Å². The third kappa shape index (κ3) is 4.60. The second kappa shape index (κ2) is 9.40. The van der Waals surface area contributed by atoms with Crippen molar-refractivity contribution in [1.82, 2.24) is 20.1 Å². The summed E-state index contributed by atoms with van der Waals surface area (Å²) in [6.07, 6.45) is 3.78. The molecule has 1 unspecified atom stereocenters. The third-order valence-corrected chi connectivity index (χ3v) is 5.64. The van der Waals surface area contributed by atoms with Crippen molar-refractivity contribution < 1.29 is 19.5 Å². The summed E-state index contributed by atoms with van der Waals surface area (Å²) in [7, 11) is 1.78. The molecule has 1 aliphatic rings. The molecule has 1 aromatic carbocycles. The highest BCUT2D eigenvalue weighted by Gasteiger charge is 2.37. The van der Waals surface area contributed by atoms with Crippen LogP contribution in [0, 0.1) is 12.8 Å². The zero-order valence-electron chi connectivity index (χ0n) is 16.6. The van der Waals surface area contributed by atoms with Crippen molar-refractivity contribution >= 4 is 45.5 Å².